The minimum Gasteiger partial charge on any atom is -0.501 e. The molecular formula is C38H48N5O5S+. The fraction of sp³-hybridized carbons (Fsp3) is 0.474. The number of amides is 2. The molecule has 3 unspecified atom stereocenters. The molecule has 4 aliphatic rings. The smallest absolute Gasteiger partial charge is 0.393 e. The van der Waals surface area contributed by atoms with Crippen LogP contribution in [0.5, 0.6) is 0 Å². The zero-order valence-corrected chi connectivity index (χ0v) is 29.8. The minimum atomic E-state index is -3.87. The zero-order valence-electron chi connectivity index (χ0n) is 28.9. The first-order chi connectivity index (χ1) is 23.5. The molecule has 0 spiro atoms. The number of methoxy groups -OCH3 is 1. The summed E-state index contributed by atoms with van der Waals surface area (Å²) in [5.74, 6) is 0.765. The number of quaternary nitrogens is 1. The first-order valence-corrected chi connectivity index (χ1v) is 19.1. The third kappa shape index (κ3) is 5.99. The molecule has 7 rings (SSSR count). The van der Waals surface area contributed by atoms with Crippen LogP contribution >= 0.6 is 0 Å². The third-order valence-electron chi connectivity index (χ3n) is 11.4. The number of hydrogen-bond acceptors (Lipinski definition) is 6. The van der Waals surface area contributed by atoms with E-state index in [9.17, 15) is 18.0 Å². The molecule has 3 N–H and O–H groups in total. The van der Waals surface area contributed by atoms with Crippen LogP contribution in [0, 0.1) is 17.3 Å². The lowest BCUT2D eigenvalue weighted by Crippen LogP contribution is -2.86. The van der Waals surface area contributed by atoms with E-state index in [0.29, 0.717) is 25.4 Å². The van der Waals surface area contributed by atoms with Crippen molar-refractivity contribution >= 4 is 38.5 Å². The van der Waals surface area contributed by atoms with Crippen molar-refractivity contribution in [3.8, 4) is 0 Å². The normalized spacial score (nSPS) is 24.2. The largest absolute Gasteiger partial charge is 0.501 e. The van der Waals surface area contributed by atoms with E-state index in [2.05, 4.69) is 50.6 Å². The van der Waals surface area contributed by atoms with Gasteiger partial charge in [0.15, 0.2) is 0 Å². The molecule has 260 valence electrons. The Morgan fingerprint density at radius 1 is 1.04 bits per heavy atom. The van der Waals surface area contributed by atoms with Crippen molar-refractivity contribution in [2.45, 2.75) is 57.5 Å². The highest BCUT2D eigenvalue weighted by Gasteiger charge is 2.58. The molecule has 2 amide bonds. The Morgan fingerprint density at radius 3 is 2.49 bits per heavy atom. The van der Waals surface area contributed by atoms with Gasteiger partial charge in [-0.2, -0.15) is 8.42 Å². The van der Waals surface area contributed by atoms with Crippen LogP contribution in [0.4, 0.5) is 0 Å². The van der Waals surface area contributed by atoms with E-state index < -0.39 is 21.5 Å². The number of hydrogen-bond donors (Lipinski definition) is 2. The van der Waals surface area contributed by atoms with Gasteiger partial charge < -0.3 is 14.2 Å². The standard InChI is InChI=1S/C38H47N5O5S/c1-39-49(46,47)40-36(44)27-15-17-30-33(19-27)43-24-38(37(45)41(2)3)23-42(21-25-11-7-5-8-12-25)22-32(38)31-20-28(48-4)16-18-29(31)35(43)34(30)26-13-9-6-10-14-26/h5,7-8,11-12,15-19,26,31-32,39H,6,9-10,13-14,20-24H2,1-4H3,(H,40,44)/p+1. The van der Waals surface area contributed by atoms with Crippen LogP contribution < -0.4 is 9.44 Å². The number of carbonyl (C=O) groups is 2. The van der Waals surface area contributed by atoms with Crippen LogP contribution in [0.3, 0.4) is 0 Å². The van der Waals surface area contributed by atoms with E-state index >= 15 is 0 Å². The Labute approximate surface area is 289 Å². The number of ether oxygens (including phenoxy) is 1. The SMILES string of the molecule is C[NH2+]S(=O)(=O)NC(=O)c1ccc2c(C3CCCCC3)c3n(c2c1)CC1(C(=O)N(C)C)CN(Cc2ccccc2)CC1C1CC(OC)=CC=C31. The number of nitrogens with zero attached hydrogens (tertiary/aromatic N) is 3. The maximum Gasteiger partial charge on any atom is 0.393 e. The van der Waals surface area contributed by atoms with E-state index in [0.717, 1.165) is 47.3 Å². The van der Waals surface area contributed by atoms with Crippen molar-refractivity contribution in [3.63, 3.8) is 0 Å². The molecule has 10 nitrogen and oxygen atoms in total. The van der Waals surface area contributed by atoms with Gasteiger partial charge in [0, 0.05) is 68.9 Å². The molecule has 49 heavy (non-hydrogen) atoms. The van der Waals surface area contributed by atoms with Crippen molar-refractivity contribution in [3.05, 3.63) is 88.8 Å². The summed E-state index contributed by atoms with van der Waals surface area (Å²) in [4.78, 5) is 32.3. The summed E-state index contributed by atoms with van der Waals surface area (Å²) in [5.41, 5.74) is 5.30. The molecule has 2 aliphatic carbocycles. The quantitative estimate of drug-likeness (QED) is 0.370. The molecule has 0 bridgehead atoms. The molecule has 11 heteroatoms. The Balaban J connectivity index is 1.46. The van der Waals surface area contributed by atoms with Gasteiger partial charge in [0.25, 0.3) is 5.91 Å². The van der Waals surface area contributed by atoms with Gasteiger partial charge >= 0.3 is 10.2 Å². The van der Waals surface area contributed by atoms with E-state index in [1.165, 1.54) is 48.7 Å². The van der Waals surface area contributed by atoms with Gasteiger partial charge in [-0.15, -0.1) is 0 Å². The highest BCUT2D eigenvalue weighted by atomic mass is 32.2. The highest BCUT2D eigenvalue weighted by molar-refractivity contribution is 7.83. The molecule has 3 aromatic rings. The number of carbonyl (C=O) groups excluding carboxylic acids is 2. The van der Waals surface area contributed by atoms with Crippen LogP contribution in [-0.2, 0) is 32.8 Å². The van der Waals surface area contributed by atoms with Gasteiger partial charge in [-0.1, -0.05) is 61.7 Å². The molecule has 1 saturated heterocycles. The Hall–Kier alpha value is -3.93. The summed E-state index contributed by atoms with van der Waals surface area (Å²) in [6, 6.07) is 16.0. The first kappa shape index (κ1) is 33.6. The molecule has 3 atom stereocenters. The van der Waals surface area contributed by atoms with E-state index in [4.69, 9.17) is 4.74 Å². The fourth-order valence-corrected chi connectivity index (χ4v) is 9.70. The Kier molecular flexibility index (Phi) is 8.96. The lowest BCUT2D eigenvalue weighted by atomic mass is 9.66. The lowest BCUT2D eigenvalue weighted by Gasteiger charge is -2.38. The minimum absolute atomic E-state index is 0.0158. The molecule has 3 heterocycles. The lowest BCUT2D eigenvalue weighted by molar-refractivity contribution is -0.462. The van der Waals surface area contributed by atoms with Crippen LogP contribution in [0.15, 0.2) is 66.4 Å². The van der Waals surface area contributed by atoms with Gasteiger partial charge in [0.05, 0.1) is 25.3 Å². The number of likely N-dealkylation sites (tertiary alicyclic amines) is 1. The van der Waals surface area contributed by atoms with E-state index in [1.54, 1.807) is 18.1 Å². The van der Waals surface area contributed by atoms with Crippen molar-refractivity contribution < 1.29 is 27.5 Å². The van der Waals surface area contributed by atoms with E-state index in [-0.39, 0.29) is 23.3 Å². The maximum atomic E-state index is 14.8. The molecule has 1 aromatic heterocycles. The predicted octanol–water partition coefficient (Wildman–Crippen LogP) is 4.01. The second kappa shape index (κ2) is 13.1. The van der Waals surface area contributed by atoms with Crippen molar-refractivity contribution in [1.29, 1.82) is 0 Å². The summed E-state index contributed by atoms with van der Waals surface area (Å²) < 4.78 is 36.1. The van der Waals surface area contributed by atoms with Crippen LogP contribution in [0.1, 0.15) is 71.6 Å². The number of nitrogens with one attached hydrogen (secondary N) is 1. The van der Waals surface area contributed by atoms with Gasteiger partial charge in [-0.3, -0.25) is 14.5 Å². The maximum absolute atomic E-state index is 14.8. The van der Waals surface area contributed by atoms with Crippen molar-refractivity contribution in [1.82, 2.24) is 19.1 Å². The topological polar surface area (TPSA) is 118 Å². The second-order valence-corrected chi connectivity index (χ2v) is 16.3. The summed E-state index contributed by atoms with van der Waals surface area (Å²) >= 11 is 0. The van der Waals surface area contributed by atoms with Crippen LogP contribution in [-0.4, -0.2) is 75.9 Å². The molecule has 2 aliphatic heterocycles. The summed E-state index contributed by atoms with van der Waals surface area (Å²) in [6.07, 6.45) is 10.7. The predicted molar refractivity (Wildman–Crippen MR) is 190 cm³/mol. The van der Waals surface area contributed by atoms with Gasteiger partial charge in [-0.25, -0.2) is 9.44 Å². The fourth-order valence-electron chi connectivity index (χ4n) is 9.21. The van der Waals surface area contributed by atoms with Crippen LogP contribution in [0.25, 0.3) is 16.5 Å². The van der Waals surface area contributed by atoms with E-state index in [1.807, 2.05) is 32.3 Å². The molecule has 2 fully saturated rings. The Morgan fingerprint density at radius 2 is 1.80 bits per heavy atom. The van der Waals surface area contributed by atoms with Gasteiger partial charge in [-0.05, 0) is 65.5 Å². The number of nitrogens with two attached hydrogens (primary N) is 1. The third-order valence-corrected chi connectivity index (χ3v) is 12.5. The number of aromatic nitrogens is 1. The number of benzene rings is 2. The van der Waals surface area contributed by atoms with Gasteiger partial charge in [0.1, 0.15) is 0 Å². The Bertz CT molecular complexity index is 1940. The van der Waals surface area contributed by atoms with Gasteiger partial charge in [0.2, 0.25) is 5.91 Å². The monoisotopic (exact) mass is 686 g/mol. The molecular weight excluding hydrogens is 639 g/mol. The van der Waals surface area contributed by atoms with Crippen molar-refractivity contribution in [2.75, 3.05) is 41.3 Å². The summed E-state index contributed by atoms with van der Waals surface area (Å²) in [7, 11) is 2.96. The average molecular weight is 687 g/mol. The average Bonchev–Trinajstić information content (AvgIpc) is 3.60. The second-order valence-electron chi connectivity index (χ2n) is 14.5. The number of allylic oxidation sites excluding steroid dienone is 4. The number of fused-ring (bicyclic) bond motifs is 7. The van der Waals surface area contributed by atoms with Crippen molar-refractivity contribution in [2.24, 2.45) is 17.3 Å². The zero-order chi connectivity index (χ0) is 34.5. The summed E-state index contributed by atoms with van der Waals surface area (Å²) in [6.45, 7) is 2.58. The van der Waals surface area contributed by atoms with Crippen LogP contribution in [0.2, 0.25) is 0 Å². The summed E-state index contributed by atoms with van der Waals surface area (Å²) in [5, 5.41) is 1.08. The molecule has 0 radical (unpaired) electrons. The first-order valence-electron chi connectivity index (χ1n) is 17.5. The molecule has 2 aromatic carbocycles. The highest BCUT2D eigenvalue weighted by Crippen LogP contribution is 2.56. The molecule has 1 saturated carbocycles. The number of rotatable bonds is 8.